The van der Waals surface area contributed by atoms with Crippen LogP contribution in [0.4, 0.5) is 10.5 Å². The molecular weight excluding hydrogens is 477 g/mol. The Kier molecular flexibility index (Phi) is 6.58. The fourth-order valence-corrected chi connectivity index (χ4v) is 4.17. The Labute approximate surface area is 198 Å². The highest BCUT2D eigenvalue weighted by Crippen LogP contribution is 2.37. The smallest absolute Gasteiger partial charge is 0.298 e. The number of hydrogen-bond donors (Lipinski definition) is 0. The Morgan fingerprint density at radius 1 is 0.903 bits per heavy atom. The third kappa shape index (κ3) is 5.08. The van der Waals surface area contributed by atoms with Crippen molar-refractivity contribution in [2.75, 3.05) is 4.90 Å². The first-order valence-electron chi connectivity index (χ1n) is 9.11. The molecule has 0 aromatic heterocycles. The van der Waals surface area contributed by atoms with Crippen molar-refractivity contribution in [3.63, 3.8) is 0 Å². The number of rotatable bonds is 5. The maximum Gasteiger partial charge on any atom is 0.298 e. The van der Waals surface area contributed by atoms with E-state index in [9.17, 15) is 9.59 Å². The Morgan fingerprint density at radius 3 is 2.42 bits per heavy atom. The van der Waals surface area contributed by atoms with E-state index < -0.39 is 11.1 Å². The summed E-state index contributed by atoms with van der Waals surface area (Å²) in [6.45, 7) is 0.383. The van der Waals surface area contributed by atoms with Gasteiger partial charge in [0.2, 0.25) is 0 Å². The number of carbonyl (C=O) groups excluding carboxylic acids is 2. The van der Waals surface area contributed by atoms with Crippen molar-refractivity contribution in [1.82, 2.24) is 0 Å². The van der Waals surface area contributed by atoms with Crippen LogP contribution in [-0.4, -0.2) is 11.1 Å². The van der Waals surface area contributed by atoms with Crippen molar-refractivity contribution < 1.29 is 14.3 Å². The van der Waals surface area contributed by atoms with Gasteiger partial charge in [-0.15, -0.1) is 0 Å². The highest BCUT2D eigenvalue weighted by molar-refractivity contribution is 8.19. The fraction of sp³-hybridized carbons (Fsp3) is 0.0435. The van der Waals surface area contributed by atoms with Crippen LogP contribution in [0.15, 0.2) is 71.6 Å². The van der Waals surface area contributed by atoms with Crippen LogP contribution in [0.3, 0.4) is 0 Å². The van der Waals surface area contributed by atoms with Crippen molar-refractivity contribution in [2.45, 2.75) is 6.61 Å². The Balaban J connectivity index is 1.51. The van der Waals surface area contributed by atoms with Gasteiger partial charge in [-0.3, -0.25) is 9.59 Å². The zero-order valence-corrected chi connectivity index (χ0v) is 18.9. The lowest BCUT2D eigenvalue weighted by molar-refractivity contribution is -0.113. The van der Waals surface area contributed by atoms with Crippen LogP contribution in [0, 0.1) is 0 Å². The normalized spacial score (nSPS) is 15.1. The molecule has 3 aromatic carbocycles. The van der Waals surface area contributed by atoms with Crippen LogP contribution < -0.4 is 9.64 Å². The summed E-state index contributed by atoms with van der Waals surface area (Å²) in [7, 11) is 0. The van der Waals surface area contributed by atoms with Crippen LogP contribution in [0.5, 0.6) is 5.75 Å². The second kappa shape index (κ2) is 9.37. The summed E-state index contributed by atoms with van der Waals surface area (Å²) in [5.74, 6) is 0.230. The molecule has 0 spiro atoms. The number of nitrogens with zero attached hydrogens (tertiary/aromatic N) is 1. The van der Waals surface area contributed by atoms with E-state index in [1.165, 1.54) is 6.07 Å². The lowest BCUT2D eigenvalue weighted by Gasteiger charge is -2.13. The second-order valence-corrected chi connectivity index (χ2v) is 8.85. The molecule has 1 heterocycles. The van der Waals surface area contributed by atoms with Crippen LogP contribution in [-0.2, 0) is 11.4 Å². The topological polar surface area (TPSA) is 46.6 Å². The molecular formula is C23H14Cl3NO3S. The monoisotopic (exact) mass is 489 g/mol. The first kappa shape index (κ1) is 21.8. The molecule has 1 fully saturated rings. The van der Waals surface area contributed by atoms with Crippen molar-refractivity contribution in [3.05, 3.63) is 97.8 Å². The van der Waals surface area contributed by atoms with E-state index >= 15 is 0 Å². The van der Waals surface area contributed by atoms with Gasteiger partial charge in [0.05, 0.1) is 20.6 Å². The van der Waals surface area contributed by atoms with Gasteiger partial charge < -0.3 is 4.74 Å². The van der Waals surface area contributed by atoms with E-state index in [-0.39, 0.29) is 5.02 Å². The summed E-state index contributed by atoms with van der Waals surface area (Å²) in [6, 6.07) is 19.3. The lowest BCUT2D eigenvalue weighted by Crippen LogP contribution is -2.27. The quantitative estimate of drug-likeness (QED) is 0.348. The summed E-state index contributed by atoms with van der Waals surface area (Å²) in [5, 5.41) is 0.890. The van der Waals surface area contributed by atoms with Crippen molar-refractivity contribution >= 4 is 69.5 Å². The minimum Gasteiger partial charge on any atom is -0.489 e. The van der Waals surface area contributed by atoms with Gasteiger partial charge in [-0.1, -0.05) is 59.1 Å². The first-order chi connectivity index (χ1) is 14.9. The van der Waals surface area contributed by atoms with Crippen LogP contribution in [0.2, 0.25) is 15.1 Å². The van der Waals surface area contributed by atoms with Gasteiger partial charge >= 0.3 is 0 Å². The molecule has 156 valence electrons. The van der Waals surface area contributed by atoms with E-state index in [0.717, 1.165) is 27.8 Å². The Bertz CT molecular complexity index is 1190. The molecule has 4 rings (SSSR count). The SMILES string of the molecule is O=C1S/C(=C\c2cccc(OCc3ccc(Cl)cc3)c2)C(=O)N1c1ccc(Cl)c(Cl)c1. The summed E-state index contributed by atoms with van der Waals surface area (Å²) in [5.41, 5.74) is 2.10. The number of amides is 2. The zero-order chi connectivity index (χ0) is 22.0. The molecule has 2 amide bonds. The third-order valence-corrected chi connectivity index (χ3v) is 6.29. The Hall–Kier alpha value is -2.44. The molecule has 3 aromatic rings. The molecule has 0 radical (unpaired) electrons. The Morgan fingerprint density at radius 2 is 1.68 bits per heavy atom. The van der Waals surface area contributed by atoms with E-state index in [0.29, 0.717) is 33.0 Å². The molecule has 0 bridgehead atoms. The van der Waals surface area contributed by atoms with E-state index in [1.807, 2.05) is 36.4 Å². The number of ether oxygens (including phenoxy) is 1. The number of thioether (sulfide) groups is 1. The number of anilines is 1. The van der Waals surface area contributed by atoms with Crippen molar-refractivity contribution in [3.8, 4) is 5.75 Å². The highest BCUT2D eigenvalue weighted by Gasteiger charge is 2.36. The minimum absolute atomic E-state index is 0.271. The highest BCUT2D eigenvalue weighted by atomic mass is 35.5. The molecule has 0 unspecified atom stereocenters. The maximum absolute atomic E-state index is 12.8. The zero-order valence-electron chi connectivity index (χ0n) is 15.8. The molecule has 1 saturated heterocycles. The van der Waals surface area contributed by atoms with Gasteiger partial charge in [0.15, 0.2) is 0 Å². The van der Waals surface area contributed by atoms with E-state index in [2.05, 4.69) is 0 Å². The summed E-state index contributed by atoms with van der Waals surface area (Å²) < 4.78 is 5.83. The molecule has 8 heteroatoms. The number of benzene rings is 3. The third-order valence-electron chi connectivity index (χ3n) is 4.43. The van der Waals surface area contributed by atoms with Crippen LogP contribution in [0.1, 0.15) is 11.1 Å². The standard InChI is InChI=1S/C23H14Cl3NO3S/c24-16-6-4-14(5-7-16)13-30-18-3-1-2-15(10-18)11-21-22(28)27(23(29)31-21)17-8-9-19(25)20(26)12-17/h1-12H,13H2/b21-11-. The number of hydrogen-bond acceptors (Lipinski definition) is 4. The molecule has 0 atom stereocenters. The van der Waals surface area contributed by atoms with Gasteiger partial charge in [0.1, 0.15) is 12.4 Å². The molecule has 0 aliphatic carbocycles. The van der Waals surface area contributed by atoms with Gasteiger partial charge in [-0.2, -0.15) is 0 Å². The molecule has 31 heavy (non-hydrogen) atoms. The number of carbonyl (C=O) groups is 2. The molecule has 0 saturated carbocycles. The lowest BCUT2D eigenvalue weighted by atomic mass is 10.2. The predicted octanol–water partition coefficient (Wildman–Crippen LogP) is 7.47. The molecule has 1 aliphatic rings. The maximum atomic E-state index is 12.8. The second-order valence-electron chi connectivity index (χ2n) is 6.60. The van der Waals surface area contributed by atoms with Crippen LogP contribution >= 0.6 is 46.6 Å². The van der Waals surface area contributed by atoms with Gasteiger partial charge in [-0.05, 0) is 71.4 Å². The summed E-state index contributed by atoms with van der Waals surface area (Å²) in [4.78, 5) is 26.7. The largest absolute Gasteiger partial charge is 0.489 e. The first-order valence-corrected chi connectivity index (χ1v) is 11.1. The number of imide groups is 1. The van der Waals surface area contributed by atoms with Gasteiger partial charge in [-0.25, -0.2) is 4.90 Å². The summed E-state index contributed by atoms with van der Waals surface area (Å²) >= 11 is 18.7. The van der Waals surface area contributed by atoms with E-state index in [4.69, 9.17) is 39.5 Å². The average molecular weight is 491 g/mol. The predicted molar refractivity (Wildman–Crippen MR) is 127 cm³/mol. The van der Waals surface area contributed by atoms with Crippen LogP contribution in [0.25, 0.3) is 6.08 Å². The number of halogens is 3. The van der Waals surface area contributed by atoms with E-state index in [1.54, 1.807) is 30.3 Å². The average Bonchev–Trinajstić information content (AvgIpc) is 3.03. The van der Waals surface area contributed by atoms with Gasteiger partial charge in [0.25, 0.3) is 11.1 Å². The fourth-order valence-electron chi connectivity index (χ4n) is 2.91. The van der Waals surface area contributed by atoms with Gasteiger partial charge in [0, 0.05) is 5.02 Å². The molecule has 0 N–H and O–H groups in total. The molecule has 4 nitrogen and oxygen atoms in total. The summed E-state index contributed by atoms with van der Waals surface area (Å²) in [6.07, 6.45) is 1.66. The van der Waals surface area contributed by atoms with Crippen molar-refractivity contribution in [1.29, 1.82) is 0 Å². The molecule has 1 aliphatic heterocycles. The minimum atomic E-state index is -0.416. The van der Waals surface area contributed by atoms with Crippen molar-refractivity contribution in [2.24, 2.45) is 0 Å².